The first kappa shape index (κ1) is 23.3. The Bertz CT molecular complexity index is 819. The monoisotopic (exact) mass is 441 g/mol. The third kappa shape index (κ3) is 7.38. The summed E-state index contributed by atoms with van der Waals surface area (Å²) in [6.07, 6.45) is -9.83. The molecule has 0 heterocycles. The fraction of sp³-hybridized carbons (Fsp3) is 0.333. The molecule has 0 aliphatic carbocycles. The topological polar surface area (TPSA) is 47.6 Å². The molecule has 2 aromatic rings. The Morgan fingerprint density at radius 1 is 0.862 bits per heavy atom. The van der Waals surface area contributed by atoms with Crippen molar-refractivity contribution in [3.05, 3.63) is 65.7 Å². The van der Waals surface area contributed by atoms with Gasteiger partial charge >= 0.3 is 19.9 Å². The number of hydrogen-bond donors (Lipinski definition) is 1. The van der Waals surface area contributed by atoms with Crippen LogP contribution in [-0.4, -0.2) is 25.6 Å². The highest BCUT2D eigenvalue weighted by Gasteiger charge is 2.44. The van der Waals surface area contributed by atoms with Gasteiger partial charge in [0.25, 0.3) is 0 Å². The molecule has 2 aromatic carbocycles. The molecule has 0 fully saturated rings. The quantitative estimate of drug-likeness (QED) is 0.378. The number of halogens is 6. The lowest BCUT2D eigenvalue weighted by atomic mass is 10.2. The second-order valence-electron chi connectivity index (χ2n) is 6.09. The second-order valence-corrected chi connectivity index (χ2v) is 8.20. The van der Waals surface area contributed by atoms with Gasteiger partial charge in [-0.2, -0.15) is 26.3 Å². The van der Waals surface area contributed by atoms with Crippen LogP contribution in [0.4, 0.5) is 32.0 Å². The van der Waals surface area contributed by atoms with Gasteiger partial charge in [-0.1, -0.05) is 48.5 Å². The molecule has 0 saturated carbocycles. The van der Waals surface area contributed by atoms with Gasteiger partial charge in [0.15, 0.2) is 19.0 Å². The summed E-state index contributed by atoms with van der Waals surface area (Å²) >= 11 is 0. The molecule has 1 atom stereocenters. The predicted octanol–water partition coefficient (Wildman–Crippen LogP) is 6.46. The molecular formula is C18H18F6NO3P. The fourth-order valence-electron chi connectivity index (χ4n) is 2.38. The minimum Gasteiger partial charge on any atom is -0.368 e. The number of benzene rings is 2. The van der Waals surface area contributed by atoms with Crippen molar-refractivity contribution < 1.29 is 40.0 Å². The van der Waals surface area contributed by atoms with Crippen molar-refractivity contribution in [2.75, 3.05) is 18.5 Å². The van der Waals surface area contributed by atoms with E-state index in [2.05, 4.69) is 14.4 Å². The Morgan fingerprint density at radius 3 is 1.83 bits per heavy atom. The van der Waals surface area contributed by atoms with Crippen molar-refractivity contribution >= 4 is 13.3 Å². The highest BCUT2D eigenvalue weighted by atomic mass is 31.2. The molecule has 11 heteroatoms. The number of para-hydroxylation sites is 1. The van der Waals surface area contributed by atoms with Crippen molar-refractivity contribution in [2.24, 2.45) is 0 Å². The van der Waals surface area contributed by atoms with Crippen LogP contribution in [0, 0.1) is 6.92 Å². The van der Waals surface area contributed by atoms with Crippen LogP contribution < -0.4 is 5.32 Å². The lowest BCUT2D eigenvalue weighted by molar-refractivity contribution is -0.165. The van der Waals surface area contributed by atoms with Gasteiger partial charge < -0.3 is 5.32 Å². The average Bonchev–Trinajstić information content (AvgIpc) is 2.64. The van der Waals surface area contributed by atoms with E-state index in [9.17, 15) is 30.9 Å². The summed E-state index contributed by atoms with van der Waals surface area (Å²) in [5.41, 5.74) is 1.13. The Labute approximate surface area is 163 Å². The summed E-state index contributed by atoms with van der Waals surface area (Å²) in [6.45, 7) is -2.38. The SMILES string of the molecule is Cc1ccccc1NC(c1ccccc1)P(=O)(OCC(F)(F)F)OCC(F)(F)F. The van der Waals surface area contributed by atoms with Crippen LogP contribution in [0.5, 0.6) is 0 Å². The maximum absolute atomic E-state index is 13.2. The molecule has 1 unspecified atom stereocenters. The van der Waals surface area contributed by atoms with Gasteiger partial charge in [0, 0.05) is 5.69 Å². The number of anilines is 1. The van der Waals surface area contributed by atoms with Gasteiger partial charge in [-0.15, -0.1) is 0 Å². The number of rotatable bonds is 8. The van der Waals surface area contributed by atoms with Gasteiger partial charge in [0.05, 0.1) is 0 Å². The van der Waals surface area contributed by atoms with Crippen LogP contribution in [0.15, 0.2) is 54.6 Å². The minimum absolute atomic E-state index is 0.142. The zero-order valence-corrected chi connectivity index (χ0v) is 16.0. The zero-order valence-electron chi connectivity index (χ0n) is 15.1. The van der Waals surface area contributed by atoms with E-state index in [1.165, 1.54) is 24.3 Å². The molecule has 0 saturated heterocycles. The van der Waals surface area contributed by atoms with Gasteiger partial charge in [0.2, 0.25) is 0 Å². The van der Waals surface area contributed by atoms with E-state index in [1.54, 1.807) is 37.3 Å². The maximum atomic E-state index is 13.2. The molecule has 0 bridgehead atoms. The molecular weight excluding hydrogens is 423 g/mol. The standard InChI is InChI=1S/C18H18F6NO3P/c1-13-7-5-6-10-15(13)25-16(14-8-3-2-4-9-14)29(26,27-11-17(19,20)21)28-12-18(22,23)24/h2-10,16,25H,11-12H2,1H3. The molecule has 0 radical (unpaired) electrons. The Morgan fingerprint density at radius 2 is 1.34 bits per heavy atom. The number of nitrogens with one attached hydrogen (secondary N) is 1. The number of hydrogen-bond acceptors (Lipinski definition) is 4. The van der Waals surface area contributed by atoms with Gasteiger partial charge in [-0.3, -0.25) is 13.6 Å². The summed E-state index contributed by atoms with van der Waals surface area (Å²) in [5, 5.41) is 2.73. The molecule has 0 aliphatic rings. The number of aryl methyl sites for hydroxylation is 1. The minimum atomic E-state index is -4.98. The zero-order chi connectivity index (χ0) is 21.7. The van der Waals surface area contributed by atoms with E-state index in [4.69, 9.17) is 0 Å². The molecule has 0 aliphatic heterocycles. The van der Waals surface area contributed by atoms with Crippen LogP contribution in [0.25, 0.3) is 0 Å². The summed E-state index contributed by atoms with van der Waals surface area (Å²) < 4.78 is 98.2. The van der Waals surface area contributed by atoms with Crippen molar-refractivity contribution in [1.82, 2.24) is 0 Å². The van der Waals surface area contributed by atoms with E-state index >= 15 is 0 Å². The molecule has 0 amide bonds. The molecule has 1 N–H and O–H groups in total. The van der Waals surface area contributed by atoms with Gasteiger partial charge in [-0.05, 0) is 24.1 Å². The average molecular weight is 441 g/mol. The molecule has 0 spiro atoms. The number of alkyl halides is 6. The Hall–Kier alpha value is -2.03. The van der Waals surface area contributed by atoms with Gasteiger partial charge in [0.1, 0.15) is 0 Å². The first-order valence-corrected chi connectivity index (χ1v) is 9.90. The highest BCUT2D eigenvalue weighted by Crippen LogP contribution is 2.62. The molecule has 0 aromatic heterocycles. The largest absolute Gasteiger partial charge is 0.412 e. The lowest BCUT2D eigenvalue weighted by Crippen LogP contribution is -2.24. The van der Waals surface area contributed by atoms with Crippen molar-refractivity contribution in [3.8, 4) is 0 Å². The van der Waals surface area contributed by atoms with Crippen molar-refractivity contribution in [1.29, 1.82) is 0 Å². The summed E-state index contributed by atoms with van der Waals surface area (Å²) in [6, 6.07) is 13.9. The summed E-state index contributed by atoms with van der Waals surface area (Å²) in [5.74, 6) is -1.60. The van der Waals surface area contributed by atoms with Crippen LogP contribution in [0.3, 0.4) is 0 Å². The van der Waals surface area contributed by atoms with Gasteiger partial charge in [-0.25, -0.2) is 0 Å². The molecule has 4 nitrogen and oxygen atoms in total. The predicted molar refractivity (Wildman–Crippen MR) is 95.6 cm³/mol. The van der Waals surface area contributed by atoms with E-state index in [0.717, 1.165) is 0 Å². The summed E-state index contributed by atoms with van der Waals surface area (Å²) in [4.78, 5) is 0. The molecule has 160 valence electrons. The lowest BCUT2D eigenvalue weighted by Gasteiger charge is -2.29. The molecule has 2 rings (SSSR count). The summed E-state index contributed by atoms with van der Waals surface area (Å²) in [7, 11) is -4.98. The highest BCUT2D eigenvalue weighted by molar-refractivity contribution is 7.54. The van der Waals surface area contributed by atoms with E-state index in [1.807, 2.05) is 0 Å². The van der Waals surface area contributed by atoms with Crippen LogP contribution in [-0.2, 0) is 13.6 Å². The normalized spacial score (nSPS) is 13.9. The van der Waals surface area contributed by atoms with Crippen LogP contribution >= 0.6 is 7.60 Å². The van der Waals surface area contributed by atoms with Crippen LogP contribution in [0.2, 0.25) is 0 Å². The van der Waals surface area contributed by atoms with Crippen molar-refractivity contribution in [2.45, 2.75) is 25.1 Å². The van der Waals surface area contributed by atoms with E-state index in [0.29, 0.717) is 11.3 Å². The third-order valence-corrected chi connectivity index (χ3v) is 5.72. The maximum Gasteiger partial charge on any atom is 0.412 e. The van der Waals surface area contributed by atoms with E-state index < -0.39 is 38.9 Å². The Kier molecular flexibility index (Phi) is 7.37. The smallest absolute Gasteiger partial charge is 0.368 e. The second kappa shape index (κ2) is 9.19. The third-order valence-electron chi connectivity index (χ3n) is 3.69. The van der Waals surface area contributed by atoms with E-state index in [-0.39, 0.29) is 5.56 Å². The van der Waals surface area contributed by atoms with Crippen molar-refractivity contribution in [3.63, 3.8) is 0 Å². The molecule has 29 heavy (non-hydrogen) atoms. The fourth-order valence-corrected chi connectivity index (χ4v) is 4.23. The first-order chi connectivity index (χ1) is 13.4. The van der Waals surface area contributed by atoms with Crippen LogP contribution in [0.1, 0.15) is 16.9 Å². The first-order valence-electron chi connectivity index (χ1n) is 8.29. The Balaban J connectivity index is 2.47.